The zero-order valence-electron chi connectivity index (χ0n) is 10.9. The van der Waals surface area contributed by atoms with Gasteiger partial charge in [0.05, 0.1) is 18.9 Å². The Bertz CT molecular complexity index is 263. The summed E-state index contributed by atoms with van der Waals surface area (Å²) in [6.07, 6.45) is 0.842. The van der Waals surface area contributed by atoms with Crippen molar-refractivity contribution in [2.24, 2.45) is 0 Å². The first-order chi connectivity index (χ1) is 7.26. The molecule has 0 heterocycles. The lowest BCUT2D eigenvalue weighted by atomic mass is 10.2. The van der Waals surface area contributed by atoms with Crippen LogP contribution in [-0.2, 0) is 9.53 Å². The molecule has 0 amide bonds. The highest BCUT2D eigenvalue weighted by Crippen LogP contribution is 2.09. The van der Waals surface area contributed by atoms with Crippen LogP contribution in [0.3, 0.4) is 0 Å². The Hall–Kier alpha value is -1.08. The second kappa shape index (κ2) is 6.49. The van der Waals surface area contributed by atoms with E-state index in [2.05, 4.69) is 6.07 Å². The summed E-state index contributed by atoms with van der Waals surface area (Å²) in [5.74, 6) is -0.191. The van der Waals surface area contributed by atoms with E-state index in [1.54, 1.807) is 0 Å². The van der Waals surface area contributed by atoms with Gasteiger partial charge < -0.3 is 9.64 Å². The number of carbonyl (C=O) groups is 1. The number of nitriles is 1. The lowest BCUT2D eigenvalue weighted by Gasteiger charge is -2.24. The first-order valence-corrected chi connectivity index (χ1v) is 5.55. The summed E-state index contributed by atoms with van der Waals surface area (Å²) in [6, 6.07) is 2.29. The number of nitrogens with zero attached hydrogens (tertiary/aromatic N) is 2. The Morgan fingerprint density at radius 3 is 2.50 bits per heavy atom. The zero-order valence-corrected chi connectivity index (χ0v) is 10.9. The van der Waals surface area contributed by atoms with E-state index in [1.165, 1.54) is 0 Å². The fourth-order valence-electron chi connectivity index (χ4n) is 1.17. The van der Waals surface area contributed by atoms with E-state index in [9.17, 15) is 4.79 Å². The maximum Gasteiger partial charge on any atom is 0.307 e. The number of ether oxygens (including phenoxy) is 1. The Labute approximate surface area is 98.2 Å². The Balaban J connectivity index is 3.89. The minimum atomic E-state index is -0.423. The lowest BCUT2D eigenvalue weighted by molar-refractivity contribution is -0.155. The predicted molar refractivity (Wildman–Crippen MR) is 62.8 cm³/mol. The summed E-state index contributed by atoms with van der Waals surface area (Å²) in [7, 11) is 1.91. The van der Waals surface area contributed by atoms with Crippen molar-refractivity contribution < 1.29 is 9.53 Å². The van der Waals surface area contributed by atoms with Crippen molar-refractivity contribution in [3.63, 3.8) is 0 Å². The molecule has 1 unspecified atom stereocenters. The molecule has 0 radical (unpaired) electrons. The van der Waals surface area contributed by atoms with Gasteiger partial charge in [0.1, 0.15) is 5.60 Å². The molecule has 0 aliphatic heterocycles. The van der Waals surface area contributed by atoms with Crippen LogP contribution in [0.25, 0.3) is 0 Å². The highest BCUT2D eigenvalue weighted by molar-refractivity contribution is 5.70. The third kappa shape index (κ3) is 7.24. The SMILES string of the molecule is CC(CC#N)N(C)CCC(=O)OC(C)(C)C. The first-order valence-electron chi connectivity index (χ1n) is 5.55. The minimum absolute atomic E-state index is 0.174. The van der Waals surface area contributed by atoms with Gasteiger partial charge >= 0.3 is 5.97 Å². The molecule has 4 heteroatoms. The van der Waals surface area contributed by atoms with Crippen molar-refractivity contribution in [2.75, 3.05) is 13.6 Å². The van der Waals surface area contributed by atoms with E-state index in [4.69, 9.17) is 10.00 Å². The molecule has 0 saturated heterocycles. The van der Waals surface area contributed by atoms with Crippen LogP contribution in [0.15, 0.2) is 0 Å². The van der Waals surface area contributed by atoms with Crippen molar-refractivity contribution in [2.45, 2.75) is 52.2 Å². The number of carbonyl (C=O) groups excluding carboxylic acids is 1. The molecule has 0 bridgehead atoms. The van der Waals surface area contributed by atoms with Gasteiger partial charge in [-0.15, -0.1) is 0 Å². The fraction of sp³-hybridized carbons (Fsp3) is 0.833. The molecule has 0 aliphatic rings. The lowest BCUT2D eigenvalue weighted by Crippen LogP contribution is -2.32. The topological polar surface area (TPSA) is 53.3 Å². The fourth-order valence-corrected chi connectivity index (χ4v) is 1.17. The van der Waals surface area contributed by atoms with E-state index < -0.39 is 5.60 Å². The van der Waals surface area contributed by atoms with Gasteiger partial charge in [0.25, 0.3) is 0 Å². The number of esters is 1. The molecular weight excluding hydrogens is 204 g/mol. The highest BCUT2D eigenvalue weighted by Gasteiger charge is 2.17. The summed E-state index contributed by atoms with van der Waals surface area (Å²) in [4.78, 5) is 13.4. The van der Waals surface area contributed by atoms with E-state index in [0.717, 1.165) is 0 Å². The van der Waals surface area contributed by atoms with E-state index in [-0.39, 0.29) is 12.0 Å². The molecule has 0 fully saturated rings. The summed E-state index contributed by atoms with van der Waals surface area (Å²) in [6.45, 7) is 8.16. The molecule has 0 N–H and O–H groups in total. The molecule has 0 rings (SSSR count). The maximum absolute atomic E-state index is 11.4. The Kier molecular flexibility index (Phi) is 6.05. The van der Waals surface area contributed by atoms with Crippen molar-refractivity contribution >= 4 is 5.97 Å². The van der Waals surface area contributed by atoms with Crippen LogP contribution >= 0.6 is 0 Å². The van der Waals surface area contributed by atoms with Crippen LogP contribution in [0, 0.1) is 11.3 Å². The van der Waals surface area contributed by atoms with Crippen LogP contribution in [0.2, 0.25) is 0 Å². The molecule has 1 atom stereocenters. The number of rotatable bonds is 5. The molecular formula is C12H22N2O2. The molecule has 0 aromatic carbocycles. The standard InChI is InChI=1S/C12H22N2O2/c1-10(6-8-13)14(5)9-7-11(15)16-12(2,3)4/h10H,6-7,9H2,1-5H3. The van der Waals surface area contributed by atoms with Gasteiger partial charge in [-0.25, -0.2) is 0 Å². The van der Waals surface area contributed by atoms with Crippen LogP contribution < -0.4 is 0 Å². The van der Waals surface area contributed by atoms with E-state index in [1.807, 2.05) is 39.6 Å². The van der Waals surface area contributed by atoms with Crippen molar-refractivity contribution in [1.82, 2.24) is 4.90 Å². The third-order valence-corrected chi connectivity index (χ3v) is 2.23. The van der Waals surface area contributed by atoms with Crippen LogP contribution in [0.5, 0.6) is 0 Å². The number of hydrogen-bond acceptors (Lipinski definition) is 4. The molecule has 0 saturated carbocycles. The van der Waals surface area contributed by atoms with Crippen LogP contribution in [-0.4, -0.2) is 36.1 Å². The predicted octanol–water partition coefficient (Wildman–Crippen LogP) is 1.95. The largest absolute Gasteiger partial charge is 0.460 e. The summed E-state index contributed by atoms with van der Waals surface area (Å²) in [5, 5.41) is 8.55. The van der Waals surface area contributed by atoms with Gasteiger partial charge in [-0.2, -0.15) is 5.26 Å². The van der Waals surface area contributed by atoms with E-state index >= 15 is 0 Å². The molecule has 0 aliphatic carbocycles. The maximum atomic E-state index is 11.4. The highest BCUT2D eigenvalue weighted by atomic mass is 16.6. The Morgan fingerprint density at radius 2 is 2.06 bits per heavy atom. The second-order valence-electron chi connectivity index (χ2n) is 5.03. The van der Waals surface area contributed by atoms with Crippen LogP contribution in [0.4, 0.5) is 0 Å². The smallest absolute Gasteiger partial charge is 0.307 e. The average Bonchev–Trinajstić information content (AvgIpc) is 2.11. The van der Waals surface area contributed by atoms with Crippen molar-refractivity contribution in [3.8, 4) is 6.07 Å². The quantitative estimate of drug-likeness (QED) is 0.672. The molecule has 0 aromatic rings. The van der Waals surface area contributed by atoms with Gasteiger partial charge in [0.15, 0.2) is 0 Å². The molecule has 16 heavy (non-hydrogen) atoms. The zero-order chi connectivity index (χ0) is 12.8. The van der Waals surface area contributed by atoms with Gasteiger partial charge in [-0.05, 0) is 34.7 Å². The average molecular weight is 226 g/mol. The monoisotopic (exact) mass is 226 g/mol. The van der Waals surface area contributed by atoms with Gasteiger partial charge in [-0.1, -0.05) is 0 Å². The van der Waals surface area contributed by atoms with Crippen LogP contribution in [0.1, 0.15) is 40.5 Å². The van der Waals surface area contributed by atoms with Gasteiger partial charge in [0.2, 0.25) is 0 Å². The summed E-state index contributed by atoms with van der Waals surface area (Å²) >= 11 is 0. The van der Waals surface area contributed by atoms with Gasteiger partial charge in [-0.3, -0.25) is 4.79 Å². The van der Waals surface area contributed by atoms with Gasteiger partial charge in [0, 0.05) is 12.6 Å². The van der Waals surface area contributed by atoms with Crippen molar-refractivity contribution in [1.29, 1.82) is 5.26 Å². The molecule has 92 valence electrons. The van der Waals surface area contributed by atoms with E-state index in [0.29, 0.717) is 19.4 Å². The third-order valence-electron chi connectivity index (χ3n) is 2.23. The molecule has 0 aromatic heterocycles. The normalized spacial score (nSPS) is 13.3. The Morgan fingerprint density at radius 1 is 1.50 bits per heavy atom. The summed E-state index contributed by atoms with van der Waals surface area (Å²) in [5.41, 5.74) is -0.423. The first kappa shape index (κ1) is 14.9. The van der Waals surface area contributed by atoms with Crippen molar-refractivity contribution in [3.05, 3.63) is 0 Å². The second-order valence-corrected chi connectivity index (χ2v) is 5.03. The molecule has 0 spiro atoms. The minimum Gasteiger partial charge on any atom is -0.460 e. The summed E-state index contributed by atoms with van der Waals surface area (Å²) < 4.78 is 5.20. The number of hydrogen-bond donors (Lipinski definition) is 0. The molecule has 4 nitrogen and oxygen atoms in total.